The van der Waals surface area contributed by atoms with Crippen molar-refractivity contribution in [3.8, 4) is 0 Å². The molecule has 3 rings (SSSR count). The average molecular weight is 253 g/mol. The monoisotopic (exact) mass is 253 g/mol. The van der Waals surface area contributed by atoms with Crippen molar-refractivity contribution in [1.29, 1.82) is 0 Å². The molecule has 0 aliphatic carbocycles. The van der Waals surface area contributed by atoms with E-state index in [2.05, 4.69) is 4.98 Å². The number of hydrogen-bond donors (Lipinski definition) is 1. The van der Waals surface area contributed by atoms with Gasteiger partial charge in [-0.25, -0.2) is 0 Å². The first-order chi connectivity index (χ1) is 9.16. The first kappa shape index (κ1) is 11.7. The number of fused-ring (bicyclic) bond motifs is 1. The summed E-state index contributed by atoms with van der Waals surface area (Å²) >= 11 is 0. The van der Waals surface area contributed by atoms with Gasteiger partial charge in [-0.05, 0) is 49.2 Å². The van der Waals surface area contributed by atoms with Crippen LogP contribution in [0, 0.1) is 6.92 Å². The fourth-order valence-corrected chi connectivity index (χ4v) is 2.49. The molecule has 96 valence electrons. The molecule has 2 N–H and O–H groups in total. The highest BCUT2D eigenvalue weighted by Crippen LogP contribution is 2.31. The van der Waals surface area contributed by atoms with Crippen molar-refractivity contribution in [3.05, 3.63) is 53.3 Å². The van der Waals surface area contributed by atoms with Crippen LogP contribution in [0.4, 0.5) is 11.4 Å². The van der Waals surface area contributed by atoms with Crippen molar-refractivity contribution in [2.75, 3.05) is 17.2 Å². The van der Waals surface area contributed by atoms with Crippen LogP contribution in [0.1, 0.15) is 21.6 Å². The minimum Gasteiger partial charge on any atom is -0.399 e. The van der Waals surface area contributed by atoms with Gasteiger partial charge in [0.05, 0.1) is 5.56 Å². The van der Waals surface area contributed by atoms with Gasteiger partial charge in [0.25, 0.3) is 5.91 Å². The molecule has 0 radical (unpaired) electrons. The molecule has 1 aromatic heterocycles. The summed E-state index contributed by atoms with van der Waals surface area (Å²) in [5.41, 5.74) is 10.0. The molecule has 0 spiro atoms. The number of nitrogens with zero attached hydrogens (tertiary/aromatic N) is 2. The van der Waals surface area contributed by atoms with Gasteiger partial charge in [0.2, 0.25) is 0 Å². The Morgan fingerprint density at radius 1 is 1.37 bits per heavy atom. The van der Waals surface area contributed by atoms with Gasteiger partial charge in [0.1, 0.15) is 0 Å². The van der Waals surface area contributed by atoms with Gasteiger partial charge in [-0.1, -0.05) is 0 Å². The van der Waals surface area contributed by atoms with E-state index in [1.165, 1.54) is 0 Å². The van der Waals surface area contributed by atoms with Crippen LogP contribution in [0.2, 0.25) is 0 Å². The molecule has 0 saturated heterocycles. The smallest absolute Gasteiger partial charge is 0.260 e. The summed E-state index contributed by atoms with van der Waals surface area (Å²) in [6, 6.07) is 9.31. The zero-order valence-electron chi connectivity index (χ0n) is 10.8. The van der Waals surface area contributed by atoms with Gasteiger partial charge in [0.15, 0.2) is 0 Å². The van der Waals surface area contributed by atoms with Gasteiger partial charge in [-0.2, -0.15) is 0 Å². The fraction of sp³-hybridized carbons (Fsp3) is 0.200. The second-order valence-electron chi connectivity index (χ2n) is 4.73. The van der Waals surface area contributed by atoms with Crippen LogP contribution in [0.15, 0.2) is 36.5 Å². The van der Waals surface area contributed by atoms with E-state index >= 15 is 0 Å². The molecule has 2 aromatic rings. The van der Waals surface area contributed by atoms with E-state index in [1.807, 2.05) is 31.2 Å². The molecule has 1 aliphatic rings. The van der Waals surface area contributed by atoms with E-state index in [9.17, 15) is 4.79 Å². The number of nitrogens with two attached hydrogens (primary N) is 1. The summed E-state index contributed by atoms with van der Waals surface area (Å²) in [6.45, 7) is 2.55. The fourth-order valence-electron chi connectivity index (χ4n) is 2.49. The van der Waals surface area contributed by atoms with Gasteiger partial charge in [0, 0.05) is 29.8 Å². The first-order valence-electron chi connectivity index (χ1n) is 6.28. The van der Waals surface area contributed by atoms with Gasteiger partial charge >= 0.3 is 0 Å². The molecular weight excluding hydrogens is 238 g/mol. The van der Waals surface area contributed by atoms with Crippen molar-refractivity contribution < 1.29 is 4.79 Å². The van der Waals surface area contributed by atoms with Crippen LogP contribution in [0.25, 0.3) is 0 Å². The van der Waals surface area contributed by atoms with E-state index in [4.69, 9.17) is 5.73 Å². The van der Waals surface area contributed by atoms with Crippen molar-refractivity contribution in [2.45, 2.75) is 13.3 Å². The number of amides is 1. The lowest BCUT2D eigenvalue weighted by Crippen LogP contribution is -2.29. The Labute approximate surface area is 111 Å². The third-order valence-electron chi connectivity index (χ3n) is 3.48. The normalized spacial score (nSPS) is 13.4. The number of anilines is 2. The molecule has 0 unspecified atom stereocenters. The van der Waals surface area contributed by atoms with E-state index in [0.717, 1.165) is 29.1 Å². The second kappa shape index (κ2) is 4.39. The predicted octanol–water partition coefficient (Wildman–Crippen LogP) is 2.18. The number of carbonyl (C=O) groups excluding carboxylic acids is 1. The molecule has 1 aromatic carbocycles. The summed E-state index contributed by atoms with van der Waals surface area (Å²) in [5, 5.41) is 0. The zero-order chi connectivity index (χ0) is 13.4. The molecule has 0 bridgehead atoms. The largest absolute Gasteiger partial charge is 0.399 e. The standard InChI is InChI=1S/C15H15N3O/c1-10-13(3-2-7-17-10)15(19)18-8-6-11-9-12(16)4-5-14(11)18/h2-5,7,9H,6,8,16H2,1H3. The third-order valence-corrected chi connectivity index (χ3v) is 3.48. The molecule has 0 saturated carbocycles. The van der Waals surface area contributed by atoms with E-state index in [0.29, 0.717) is 12.1 Å². The van der Waals surface area contributed by atoms with Crippen molar-refractivity contribution >= 4 is 17.3 Å². The SMILES string of the molecule is Cc1ncccc1C(=O)N1CCc2cc(N)ccc21. The van der Waals surface area contributed by atoms with Crippen molar-refractivity contribution in [2.24, 2.45) is 0 Å². The number of aryl methyl sites for hydroxylation is 1. The Hall–Kier alpha value is -2.36. The number of carbonyl (C=O) groups is 1. The Bertz CT molecular complexity index is 652. The molecule has 4 heteroatoms. The van der Waals surface area contributed by atoms with Gasteiger partial charge in [-0.3, -0.25) is 9.78 Å². The molecule has 19 heavy (non-hydrogen) atoms. The lowest BCUT2D eigenvalue weighted by atomic mass is 10.1. The van der Waals surface area contributed by atoms with E-state index in [1.54, 1.807) is 17.2 Å². The highest BCUT2D eigenvalue weighted by atomic mass is 16.2. The first-order valence-corrected chi connectivity index (χ1v) is 6.28. The average Bonchev–Trinajstić information content (AvgIpc) is 2.81. The lowest BCUT2D eigenvalue weighted by Gasteiger charge is -2.18. The van der Waals surface area contributed by atoms with Crippen LogP contribution in [0.5, 0.6) is 0 Å². The number of rotatable bonds is 1. The van der Waals surface area contributed by atoms with E-state index < -0.39 is 0 Å². The topological polar surface area (TPSA) is 59.2 Å². The van der Waals surface area contributed by atoms with Crippen LogP contribution >= 0.6 is 0 Å². The van der Waals surface area contributed by atoms with Crippen LogP contribution in [0.3, 0.4) is 0 Å². The third kappa shape index (κ3) is 1.95. The predicted molar refractivity (Wildman–Crippen MR) is 75.2 cm³/mol. The van der Waals surface area contributed by atoms with Gasteiger partial charge in [-0.15, -0.1) is 0 Å². The maximum absolute atomic E-state index is 12.6. The van der Waals surface area contributed by atoms with Crippen LogP contribution in [-0.4, -0.2) is 17.4 Å². The maximum atomic E-state index is 12.6. The number of pyridine rings is 1. The Morgan fingerprint density at radius 3 is 3.00 bits per heavy atom. The maximum Gasteiger partial charge on any atom is 0.260 e. The zero-order valence-corrected chi connectivity index (χ0v) is 10.8. The molecule has 1 aliphatic heterocycles. The number of hydrogen-bond acceptors (Lipinski definition) is 3. The molecule has 0 atom stereocenters. The molecule has 1 amide bonds. The number of benzene rings is 1. The van der Waals surface area contributed by atoms with Crippen molar-refractivity contribution in [1.82, 2.24) is 4.98 Å². The lowest BCUT2D eigenvalue weighted by molar-refractivity contribution is 0.0988. The van der Waals surface area contributed by atoms with Crippen LogP contribution in [-0.2, 0) is 6.42 Å². The summed E-state index contributed by atoms with van der Waals surface area (Å²) in [6.07, 6.45) is 2.55. The number of nitrogen functional groups attached to an aromatic ring is 1. The minimum atomic E-state index is 0.00845. The summed E-state index contributed by atoms with van der Waals surface area (Å²) in [5.74, 6) is 0.00845. The summed E-state index contributed by atoms with van der Waals surface area (Å²) in [7, 11) is 0. The van der Waals surface area contributed by atoms with E-state index in [-0.39, 0.29) is 5.91 Å². The highest BCUT2D eigenvalue weighted by molar-refractivity contribution is 6.08. The Morgan fingerprint density at radius 2 is 2.21 bits per heavy atom. The summed E-state index contributed by atoms with van der Waals surface area (Å²) < 4.78 is 0. The highest BCUT2D eigenvalue weighted by Gasteiger charge is 2.26. The number of aromatic nitrogens is 1. The molecular formula is C15H15N3O. The Balaban J connectivity index is 1.98. The molecule has 2 heterocycles. The van der Waals surface area contributed by atoms with Crippen molar-refractivity contribution in [3.63, 3.8) is 0 Å². The minimum absolute atomic E-state index is 0.00845. The van der Waals surface area contributed by atoms with Crippen LogP contribution < -0.4 is 10.6 Å². The molecule has 0 fully saturated rings. The Kier molecular flexibility index (Phi) is 2.71. The quantitative estimate of drug-likeness (QED) is 0.792. The molecule has 4 nitrogen and oxygen atoms in total. The summed E-state index contributed by atoms with van der Waals surface area (Å²) in [4.78, 5) is 18.5. The second-order valence-corrected chi connectivity index (χ2v) is 4.73. The van der Waals surface area contributed by atoms with Gasteiger partial charge < -0.3 is 10.6 Å².